The van der Waals surface area contributed by atoms with E-state index in [0.29, 0.717) is 37.5 Å². The van der Waals surface area contributed by atoms with E-state index in [2.05, 4.69) is 0 Å². The third kappa shape index (κ3) is 4.95. The topological polar surface area (TPSA) is 87.2 Å². The van der Waals surface area contributed by atoms with Gasteiger partial charge in [-0.05, 0) is 18.2 Å². The number of rotatable bonds is 4. The molecule has 25 heavy (non-hydrogen) atoms. The van der Waals surface area contributed by atoms with Crippen LogP contribution in [0.4, 0.5) is 0 Å². The molecule has 0 aliphatic carbocycles. The molecule has 1 aliphatic rings. The zero-order valence-electron chi connectivity index (χ0n) is 14.8. The first kappa shape index (κ1) is 18.8. The molecule has 7 nitrogen and oxygen atoms in total. The lowest BCUT2D eigenvalue weighted by molar-refractivity contribution is -0.141. The molecule has 2 rings (SSSR count). The van der Waals surface area contributed by atoms with Crippen LogP contribution in [0, 0.1) is 5.41 Å². The van der Waals surface area contributed by atoms with Crippen molar-refractivity contribution in [3.63, 3.8) is 0 Å². The highest BCUT2D eigenvalue weighted by atomic mass is 16.5. The molecule has 0 unspecified atom stereocenters. The van der Waals surface area contributed by atoms with Crippen LogP contribution in [-0.4, -0.2) is 65.5 Å². The molecule has 1 saturated heterocycles. The molecule has 0 saturated carbocycles. The first-order chi connectivity index (χ1) is 11.7. The van der Waals surface area contributed by atoms with Gasteiger partial charge in [-0.1, -0.05) is 26.8 Å². The number of carbonyl (C=O) groups is 3. The molecule has 1 N–H and O–H groups in total. The van der Waals surface area contributed by atoms with Gasteiger partial charge in [0.15, 0.2) is 6.61 Å². The first-order valence-corrected chi connectivity index (χ1v) is 8.22. The van der Waals surface area contributed by atoms with Crippen molar-refractivity contribution in [2.24, 2.45) is 5.41 Å². The summed E-state index contributed by atoms with van der Waals surface area (Å²) >= 11 is 0. The Balaban J connectivity index is 1.97. The van der Waals surface area contributed by atoms with Crippen LogP contribution < -0.4 is 4.74 Å². The number of aliphatic carboxylic acids is 1. The third-order valence-electron chi connectivity index (χ3n) is 3.94. The minimum atomic E-state index is -1.07. The highest BCUT2D eigenvalue weighted by molar-refractivity contribution is 5.95. The van der Waals surface area contributed by atoms with E-state index in [1.165, 1.54) is 6.07 Å². The smallest absolute Gasteiger partial charge is 0.341 e. The molecule has 136 valence electrons. The summed E-state index contributed by atoms with van der Waals surface area (Å²) in [5.41, 5.74) is 0.0145. The molecule has 1 aromatic rings. The van der Waals surface area contributed by atoms with Crippen LogP contribution in [0.3, 0.4) is 0 Å². The molecule has 0 atom stereocenters. The summed E-state index contributed by atoms with van der Waals surface area (Å²) in [5.74, 6) is -0.793. The number of carboxylic acids is 1. The molecule has 7 heteroatoms. The number of hydrogen-bond acceptors (Lipinski definition) is 4. The van der Waals surface area contributed by atoms with E-state index in [9.17, 15) is 14.4 Å². The SMILES string of the molecule is CC(C)(C)C(=O)N1CCN(C(=O)c2cccc(OCC(=O)O)c2)CC1. The predicted molar refractivity (Wildman–Crippen MR) is 91.5 cm³/mol. The van der Waals surface area contributed by atoms with Gasteiger partial charge in [0.2, 0.25) is 5.91 Å². The number of ether oxygens (including phenoxy) is 1. The Labute approximate surface area is 147 Å². The molecule has 0 bridgehead atoms. The summed E-state index contributed by atoms with van der Waals surface area (Å²) < 4.78 is 5.11. The van der Waals surface area contributed by atoms with Gasteiger partial charge in [-0.25, -0.2) is 4.79 Å². The average Bonchev–Trinajstić information content (AvgIpc) is 2.58. The van der Waals surface area contributed by atoms with Crippen molar-refractivity contribution >= 4 is 17.8 Å². The molecule has 1 heterocycles. The number of carbonyl (C=O) groups excluding carboxylic acids is 2. The predicted octanol–water partition coefficient (Wildman–Crippen LogP) is 1.48. The fourth-order valence-electron chi connectivity index (χ4n) is 2.63. The van der Waals surface area contributed by atoms with Crippen molar-refractivity contribution in [2.75, 3.05) is 32.8 Å². The van der Waals surface area contributed by atoms with Crippen molar-refractivity contribution in [1.82, 2.24) is 9.80 Å². The molecular weight excluding hydrogens is 324 g/mol. The van der Waals surface area contributed by atoms with Gasteiger partial charge in [0.25, 0.3) is 5.91 Å². The molecule has 0 aromatic heterocycles. The number of carboxylic acid groups (broad SMARTS) is 1. The van der Waals surface area contributed by atoms with E-state index >= 15 is 0 Å². The maximum absolute atomic E-state index is 12.6. The van der Waals surface area contributed by atoms with E-state index in [1.807, 2.05) is 20.8 Å². The monoisotopic (exact) mass is 348 g/mol. The van der Waals surface area contributed by atoms with E-state index < -0.39 is 18.0 Å². The Morgan fingerprint density at radius 3 is 2.24 bits per heavy atom. The first-order valence-electron chi connectivity index (χ1n) is 8.22. The average molecular weight is 348 g/mol. The second kappa shape index (κ2) is 7.55. The Morgan fingerprint density at radius 2 is 1.68 bits per heavy atom. The number of amides is 2. The fourth-order valence-corrected chi connectivity index (χ4v) is 2.63. The summed E-state index contributed by atoms with van der Waals surface area (Å²) in [6.07, 6.45) is 0. The molecule has 1 fully saturated rings. The van der Waals surface area contributed by atoms with Gasteiger partial charge in [0, 0.05) is 37.2 Å². The van der Waals surface area contributed by atoms with Gasteiger partial charge in [-0.3, -0.25) is 9.59 Å². The van der Waals surface area contributed by atoms with Crippen molar-refractivity contribution in [3.05, 3.63) is 29.8 Å². The fraction of sp³-hybridized carbons (Fsp3) is 0.500. The lowest BCUT2D eigenvalue weighted by Crippen LogP contribution is -2.53. The second-order valence-electron chi connectivity index (χ2n) is 7.04. The molecule has 0 radical (unpaired) electrons. The lowest BCUT2D eigenvalue weighted by Gasteiger charge is -2.37. The van der Waals surface area contributed by atoms with Gasteiger partial charge >= 0.3 is 5.97 Å². The Hall–Kier alpha value is -2.57. The number of hydrogen-bond donors (Lipinski definition) is 1. The summed E-state index contributed by atoms with van der Waals surface area (Å²) in [6, 6.07) is 6.48. The van der Waals surface area contributed by atoms with Crippen LogP contribution in [0.25, 0.3) is 0 Å². The molecule has 0 spiro atoms. The standard InChI is InChI=1S/C18H24N2O5/c1-18(2,3)17(24)20-9-7-19(8-10-20)16(23)13-5-4-6-14(11-13)25-12-15(21)22/h4-6,11H,7-10,12H2,1-3H3,(H,21,22). The van der Waals surface area contributed by atoms with Crippen LogP contribution in [0.2, 0.25) is 0 Å². The molecule has 2 amide bonds. The highest BCUT2D eigenvalue weighted by Gasteiger charge is 2.31. The van der Waals surface area contributed by atoms with Crippen molar-refractivity contribution in [3.8, 4) is 5.75 Å². The van der Waals surface area contributed by atoms with E-state index in [0.717, 1.165) is 0 Å². The Kier molecular flexibility index (Phi) is 5.66. The van der Waals surface area contributed by atoms with Gasteiger partial charge in [0.05, 0.1) is 0 Å². The zero-order chi connectivity index (χ0) is 18.6. The molecule has 1 aliphatic heterocycles. The highest BCUT2D eigenvalue weighted by Crippen LogP contribution is 2.20. The van der Waals surface area contributed by atoms with E-state index in [4.69, 9.17) is 9.84 Å². The zero-order valence-corrected chi connectivity index (χ0v) is 14.8. The van der Waals surface area contributed by atoms with E-state index in [-0.39, 0.29) is 11.8 Å². The van der Waals surface area contributed by atoms with Crippen LogP contribution in [0.15, 0.2) is 24.3 Å². The lowest BCUT2D eigenvalue weighted by atomic mass is 9.94. The van der Waals surface area contributed by atoms with Gasteiger partial charge in [0.1, 0.15) is 5.75 Å². The maximum Gasteiger partial charge on any atom is 0.341 e. The van der Waals surface area contributed by atoms with Gasteiger partial charge in [-0.15, -0.1) is 0 Å². The third-order valence-corrected chi connectivity index (χ3v) is 3.94. The summed E-state index contributed by atoms with van der Waals surface area (Å²) in [4.78, 5) is 39.0. The second-order valence-corrected chi connectivity index (χ2v) is 7.04. The quantitative estimate of drug-likeness (QED) is 0.890. The Bertz CT molecular complexity index is 658. The van der Waals surface area contributed by atoms with Crippen LogP contribution >= 0.6 is 0 Å². The van der Waals surface area contributed by atoms with Crippen LogP contribution in [0.5, 0.6) is 5.75 Å². The Morgan fingerprint density at radius 1 is 1.08 bits per heavy atom. The van der Waals surface area contributed by atoms with E-state index in [1.54, 1.807) is 28.0 Å². The summed E-state index contributed by atoms with van der Waals surface area (Å²) in [6.45, 7) is 7.17. The number of benzene rings is 1. The summed E-state index contributed by atoms with van der Waals surface area (Å²) in [5, 5.41) is 8.65. The molecule has 1 aromatic carbocycles. The number of nitrogens with zero attached hydrogens (tertiary/aromatic N) is 2. The van der Waals surface area contributed by atoms with Gasteiger partial charge in [-0.2, -0.15) is 0 Å². The maximum atomic E-state index is 12.6. The van der Waals surface area contributed by atoms with Crippen molar-refractivity contribution < 1.29 is 24.2 Å². The molecular formula is C18H24N2O5. The largest absolute Gasteiger partial charge is 0.482 e. The summed E-state index contributed by atoms with van der Waals surface area (Å²) in [7, 11) is 0. The van der Waals surface area contributed by atoms with Crippen molar-refractivity contribution in [2.45, 2.75) is 20.8 Å². The number of piperazine rings is 1. The van der Waals surface area contributed by atoms with Crippen LogP contribution in [0.1, 0.15) is 31.1 Å². The minimum Gasteiger partial charge on any atom is -0.482 e. The normalized spacial score (nSPS) is 15.0. The van der Waals surface area contributed by atoms with Crippen molar-refractivity contribution in [1.29, 1.82) is 0 Å². The van der Waals surface area contributed by atoms with Crippen LogP contribution in [-0.2, 0) is 9.59 Å². The van der Waals surface area contributed by atoms with Gasteiger partial charge < -0.3 is 19.6 Å². The minimum absolute atomic E-state index is 0.0867.